The summed E-state index contributed by atoms with van der Waals surface area (Å²) in [6.07, 6.45) is 1.52. The third kappa shape index (κ3) is 13.6. The maximum absolute atomic E-state index is 14.2. The van der Waals surface area contributed by atoms with Gasteiger partial charge >= 0.3 is 0 Å². The number of carbonyl (C=O) groups is 4. The number of hydrogen-bond acceptors (Lipinski definition) is 5. The smallest absolute Gasteiger partial charge is 0.253 e. The summed E-state index contributed by atoms with van der Waals surface area (Å²) < 4.78 is 51.1. The van der Waals surface area contributed by atoms with Crippen molar-refractivity contribution >= 4 is 23.5 Å². The quantitative estimate of drug-likeness (QED) is 0.183. The van der Waals surface area contributed by atoms with E-state index in [9.17, 15) is 36.8 Å². The molecule has 0 spiro atoms. The van der Waals surface area contributed by atoms with Crippen molar-refractivity contribution in [1.29, 1.82) is 0 Å². The Morgan fingerprint density at radius 1 is 0.774 bits per heavy atom. The first kappa shape index (κ1) is 28.8. The van der Waals surface area contributed by atoms with Crippen molar-refractivity contribution in [3.63, 3.8) is 0 Å². The fraction of sp³-hybridized carbons (Fsp3) is 0.789. The van der Waals surface area contributed by atoms with Crippen LogP contribution in [0.15, 0.2) is 0 Å². The highest BCUT2D eigenvalue weighted by Gasteiger charge is 2.22. The molecule has 0 radical (unpaired) electrons. The molecule has 0 aromatic rings. The SMILES string of the molecule is CC(=O)C(CCCCN(CCCNC(=O)CF)C(=O)CF)N(F)CCCNC(=O)CF. The Morgan fingerprint density at radius 2 is 1.29 bits per heavy atom. The second-order valence-corrected chi connectivity index (χ2v) is 6.93. The molecule has 8 nitrogen and oxygen atoms in total. The highest BCUT2D eigenvalue weighted by Crippen LogP contribution is 2.12. The zero-order chi connectivity index (χ0) is 23.6. The summed E-state index contributed by atoms with van der Waals surface area (Å²) in [5, 5.41) is 4.95. The lowest BCUT2D eigenvalue weighted by Crippen LogP contribution is -2.37. The van der Waals surface area contributed by atoms with Crippen LogP contribution in [0.5, 0.6) is 0 Å². The van der Waals surface area contributed by atoms with Crippen molar-refractivity contribution in [2.45, 2.75) is 45.1 Å². The number of carbonyl (C=O) groups excluding carboxylic acids is 4. The fourth-order valence-corrected chi connectivity index (χ4v) is 2.83. The predicted molar refractivity (Wildman–Crippen MR) is 106 cm³/mol. The number of hydrogen-bond donors (Lipinski definition) is 2. The molecule has 0 aliphatic carbocycles. The Bertz CT molecular complexity index is 569. The first-order chi connectivity index (χ1) is 14.8. The number of Topliss-reactive ketones (excluding diaryl/α,β-unsaturated/α-hetero) is 1. The van der Waals surface area contributed by atoms with Crippen molar-refractivity contribution in [3.8, 4) is 0 Å². The zero-order valence-electron chi connectivity index (χ0n) is 17.8. The van der Waals surface area contributed by atoms with Crippen molar-refractivity contribution in [2.24, 2.45) is 0 Å². The number of amides is 3. The summed E-state index contributed by atoms with van der Waals surface area (Å²) in [5.41, 5.74) is 0. The van der Waals surface area contributed by atoms with Gasteiger partial charge in [0.2, 0.25) is 0 Å². The van der Waals surface area contributed by atoms with E-state index in [0.29, 0.717) is 24.4 Å². The summed E-state index contributed by atoms with van der Waals surface area (Å²) >= 11 is 0. The van der Waals surface area contributed by atoms with Crippen LogP contribution in [0.1, 0.15) is 39.0 Å². The molecule has 0 aliphatic heterocycles. The number of nitrogens with zero attached hydrogens (tertiary/aromatic N) is 2. The Hall–Kier alpha value is -2.24. The fourth-order valence-electron chi connectivity index (χ4n) is 2.83. The van der Waals surface area contributed by atoms with Crippen LogP contribution in [0, 0.1) is 0 Å². The number of rotatable bonds is 18. The minimum absolute atomic E-state index is 0.0832. The molecule has 0 saturated heterocycles. The van der Waals surface area contributed by atoms with Gasteiger partial charge in [0, 0.05) is 32.7 Å². The number of unbranched alkanes of at least 4 members (excludes halogenated alkanes) is 1. The molecule has 3 amide bonds. The lowest BCUT2D eigenvalue weighted by Gasteiger charge is -2.24. The molecule has 0 aromatic carbocycles. The molecule has 0 fully saturated rings. The first-order valence-corrected chi connectivity index (χ1v) is 10.2. The van der Waals surface area contributed by atoms with Gasteiger partial charge in [0.15, 0.2) is 20.0 Å². The lowest BCUT2D eigenvalue weighted by atomic mass is 10.1. The maximum atomic E-state index is 14.2. The highest BCUT2D eigenvalue weighted by molar-refractivity contribution is 5.81. The first-order valence-electron chi connectivity index (χ1n) is 10.2. The minimum atomic E-state index is -1.18. The van der Waals surface area contributed by atoms with Crippen molar-refractivity contribution in [1.82, 2.24) is 20.7 Å². The topological polar surface area (TPSA) is 98.8 Å². The van der Waals surface area contributed by atoms with Gasteiger partial charge in [0.25, 0.3) is 17.7 Å². The van der Waals surface area contributed by atoms with Gasteiger partial charge < -0.3 is 15.5 Å². The van der Waals surface area contributed by atoms with E-state index in [4.69, 9.17) is 0 Å². The van der Waals surface area contributed by atoms with Crippen LogP contribution >= 0.6 is 0 Å². The van der Waals surface area contributed by atoms with Crippen LogP contribution in [-0.2, 0) is 19.2 Å². The third-order valence-electron chi connectivity index (χ3n) is 4.47. The molecule has 0 saturated carbocycles. The van der Waals surface area contributed by atoms with E-state index in [1.807, 2.05) is 0 Å². The summed E-state index contributed by atoms with van der Waals surface area (Å²) in [6.45, 7) is -1.72. The lowest BCUT2D eigenvalue weighted by molar-refractivity contribution is -0.133. The van der Waals surface area contributed by atoms with Crippen molar-refractivity contribution < 1.29 is 36.8 Å². The van der Waals surface area contributed by atoms with Crippen molar-refractivity contribution in [3.05, 3.63) is 0 Å². The normalized spacial score (nSPS) is 11.8. The molecule has 180 valence electrons. The van der Waals surface area contributed by atoms with E-state index in [1.165, 1.54) is 11.8 Å². The summed E-state index contributed by atoms with van der Waals surface area (Å²) in [7, 11) is 0. The number of nitrogens with one attached hydrogen (secondary N) is 2. The van der Waals surface area contributed by atoms with E-state index in [-0.39, 0.29) is 51.3 Å². The molecule has 31 heavy (non-hydrogen) atoms. The predicted octanol–water partition coefficient (Wildman–Crippen LogP) is 1.05. The Morgan fingerprint density at radius 3 is 1.77 bits per heavy atom. The average molecular weight is 456 g/mol. The van der Waals surface area contributed by atoms with Gasteiger partial charge in [0.1, 0.15) is 5.78 Å². The third-order valence-corrected chi connectivity index (χ3v) is 4.47. The number of halogens is 4. The molecule has 0 heterocycles. The summed E-state index contributed by atoms with van der Waals surface area (Å²) in [4.78, 5) is 46.3. The Labute approximate surface area is 179 Å². The monoisotopic (exact) mass is 456 g/mol. The van der Waals surface area contributed by atoms with Crippen molar-refractivity contribution in [2.75, 3.05) is 52.7 Å². The summed E-state index contributed by atoms with van der Waals surface area (Å²) in [6, 6.07) is -0.988. The van der Waals surface area contributed by atoms with Crippen LogP contribution in [0.2, 0.25) is 0 Å². The molecule has 12 heteroatoms. The maximum Gasteiger partial charge on any atom is 0.253 e. The number of alkyl halides is 3. The standard InChI is InChI=1S/C19H32F4N4O4/c1-15(28)16(27(23)11-5-8-25-18(30)13-21)6-2-3-9-26(19(31)14-22)10-4-7-24-17(29)12-20/h16H,2-14H2,1H3,(H,24,29)(H,25,30). The molecule has 1 unspecified atom stereocenters. The minimum Gasteiger partial charge on any atom is -0.354 e. The molecular weight excluding hydrogens is 424 g/mol. The largest absolute Gasteiger partial charge is 0.354 e. The van der Waals surface area contributed by atoms with Gasteiger partial charge in [-0.05, 0) is 39.0 Å². The molecule has 2 N–H and O–H groups in total. The summed E-state index contributed by atoms with van der Waals surface area (Å²) in [5.74, 6) is -2.65. The molecular formula is C19H32F4N4O4. The molecule has 0 aliphatic rings. The molecule has 0 rings (SSSR count). The number of ketones is 1. The molecule has 1 atom stereocenters. The van der Waals surface area contributed by atoms with E-state index < -0.39 is 43.8 Å². The molecule has 0 bridgehead atoms. The zero-order valence-corrected chi connectivity index (χ0v) is 17.8. The van der Waals surface area contributed by atoms with Crippen LogP contribution < -0.4 is 10.6 Å². The van der Waals surface area contributed by atoms with Gasteiger partial charge in [0.05, 0.1) is 6.04 Å². The van der Waals surface area contributed by atoms with Gasteiger partial charge in [-0.1, -0.05) is 0 Å². The van der Waals surface area contributed by atoms with Crippen LogP contribution in [-0.4, -0.2) is 92.3 Å². The average Bonchev–Trinajstić information content (AvgIpc) is 2.76. The second kappa shape index (κ2) is 17.4. The van der Waals surface area contributed by atoms with Crippen LogP contribution in [0.3, 0.4) is 0 Å². The van der Waals surface area contributed by atoms with Gasteiger partial charge in [-0.15, -0.1) is 9.60 Å². The van der Waals surface area contributed by atoms with Crippen LogP contribution in [0.25, 0.3) is 0 Å². The molecule has 0 aromatic heterocycles. The van der Waals surface area contributed by atoms with Gasteiger partial charge in [-0.25, -0.2) is 13.2 Å². The van der Waals surface area contributed by atoms with E-state index in [0.717, 1.165) is 0 Å². The van der Waals surface area contributed by atoms with Crippen LogP contribution in [0.4, 0.5) is 17.7 Å². The van der Waals surface area contributed by atoms with E-state index in [2.05, 4.69) is 10.6 Å². The Kier molecular flexibility index (Phi) is 16.2. The van der Waals surface area contributed by atoms with Gasteiger partial charge in [-0.3, -0.25) is 19.2 Å². The van der Waals surface area contributed by atoms with E-state index >= 15 is 0 Å². The highest BCUT2D eigenvalue weighted by atomic mass is 19.2. The Balaban J connectivity index is 4.34. The van der Waals surface area contributed by atoms with E-state index in [1.54, 1.807) is 0 Å². The van der Waals surface area contributed by atoms with Gasteiger partial charge in [-0.2, -0.15) is 0 Å². The second-order valence-electron chi connectivity index (χ2n) is 6.93.